The van der Waals surface area contributed by atoms with E-state index in [1.54, 1.807) is 0 Å². The third-order valence-corrected chi connectivity index (χ3v) is 5.94. The maximum atomic E-state index is 6.63. The zero-order chi connectivity index (χ0) is 21.9. The molecule has 5 aromatic rings. The van der Waals surface area contributed by atoms with Crippen LogP contribution in [0.3, 0.4) is 0 Å². The number of hydrogen-bond donors (Lipinski definition) is 0. The summed E-state index contributed by atoms with van der Waals surface area (Å²) in [6, 6.07) is 33.9. The standard InChI is InChI=1S/C27H17BrClN3/c28-22-14-11-18(12-15-22)21-13-16-24(29)23(17-21)27-31-25(19-7-3-1-4-8-19)30-26(32-27)20-9-5-2-6-10-20/h1-17H. The molecule has 1 aromatic heterocycles. The smallest absolute Gasteiger partial charge is 0.165 e. The van der Waals surface area contributed by atoms with Gasteiger partial charge in [-0.1, -0.05) is 106 Å². The molecule has 0 saturated heterocycles. The highest BCUT2D eigenvalue weighted by atomic mass is 79.9. The van der Waals surface area contributed by atoms with Crippen molar-refractivity contribution in [1.82, 2.24) is 15.0 Å². The summed E-state index contributed by atoms with van der Waals surface area (Å²) in [4.78, 5) is 14.3. The average Bonchev–Trinajstić information content (AvgIpc) is 2.86. The zero-order valence-electron chi connectivity index (χ0n) is 16.9. The van der Waals surface area contributed by atoms with Crippen LogP contribution in [0, 0.1) is 0 Å². The van der Waals surface area contributed by atoms with Crippen LogP contribution in [0.2, 0.25) is 5.02 Å². The summed E-state index contributed by atoms with van der Waals surface area (Å²) in [5.74, 6) is 1.76. The molecule has 0 bridgehead atoms. The molecular weight excluding hydrogens is 482 g/mol. The Kier molecular flexibility index (Phi) is 5.80. The van der Waals surface area contributed by atoms with Crippen LogP contribution in [-0.2, 0) is 0 Å². The van der Waals surface area contributed by atoms with Crippen molar-refractivity contribution >= 4 is 27.5 Å². The predicted octanol–water partition coefficient (Wildman–Crippen LogP) is 7.96. The van der Waals surface area contributed by atoms with E-state index in [4.69, 9.17) is 26.6 Å². The van der Waals surface area contributed by atoms with Crippen molar-refractivity contribution in [2.75, 3.05) is 0 Å². The highest BCUT2D eigenvalue weighted by molar-refractivity contribution is 9.10. The molecule has 0 unspecified atom stereocenters. The Morgan fingerprint density at radius 3 is 1.56 bits per heavy atom. The third kappa shape index (κ3) is 4.33. The van der Waals surface area contributed by atoms with Crippen molar-refractivity contribution in [1.29, 1.82) is 0 Å². The first-order valence-corrected chi connectivity index (χ1v) is 11.3. The maximum Gasteiger partial charge on any atom is 0.165 e. The van der Waals surface area contributed by atoms with Gasteiger partial charge in [0.25, 0.3) is 0 Å². The Hall–Kier alpha value is -3.34. The minimum Gasteiger partial charge on any atom is -0.208 e. The minimum atomic E-state index is 0.543. The van der Waals surface area contributed by atoms with Gasteiger partial charge in [-0.3, -0.25) is 0 Å². The van der Waals surface area contributed by atoms with E-state index >= 15 is 0 Å². The number of nitrogens with zero attached hydrogens (tertiary/aromatic N) is 3. The first kappa shape index (κ1) is 20.6. The molecule has 5 heteroatoms. The summed E-state index contributed by atoms with van der Waals surface area (Å²) in [7, 11) is 0. The number of rotatable bonds is 4. The summed E-state index contributed by atoms with van der Waals surface area (Å²) < 4.78 is 1.04. The molecule has 0 atom stereocenters. The fraction of sp³-hybridized carbons (Fsp3) is 0. The van der Waals surface area contributed by atoms with E-state index in [0.29, 0.717) is 22.5 Å². The molecule has 1 heterocycles. The predicted molar refractivity (Wildman–Crippen MR) is 134 cm³/mol. The fourth-order valence-electron chi connectivity index (χ4n) is 3.45. The van der Waals surface area contributed by atoms with E-state index in [9.17, 15) is 0 Å². The first-order valence-electron chi connectivity index (χ1n) is 10.1. The minimum absolute atomic E-state index is 0.543. The van der Waals surface area contributed by atoms with E-state index in [2.05, 4.69) is 28.1 Å². The average molecular weight is 499 g/mol. The van der Waals surface area contributed by atoms with E-state index in [0.717, 1.165) is 32.3 Å². The van der Waals surface area contributed by atoms with Gasteiger partial charge >= 0.3 is 0 Å². The number of halogens is 2. The lowest BCUT2D eigenvalue weighted by Gasteiger charge is -2.11. The van der Waals surface area contributed by atoms with Crippen molar-refractivity contribution in [2.45, 2.75) is 0 Å². The van der Waals surface area contributed by atoms with Crippen molar-refractivity contribution in [3.63, 3.8) is 0 Å². The molecule has 0 radical (unpaired) electrons. The molecule has 0 aliphatic rings. The molecule has 0 spiro atoms. The number of hydrogen-bond acceptors (Lipinski definition) is 3. The fourth-order valence-corrected chi connectivity index (χ4v) is 3.91. The Morgan fingerprint density at radius 1 is 0.500 bits per heavy atom. The Balaban J connectivity index is 1.69. The molecule has 0 aliphatic carbocycles. The number of aromatic nitrogens is 3. The van der Waals surface area contributed by atoms with E-state index in [1.165, 1.54) is 0 Å². The van der Waals surface area contributed by atoms with Gasteiger partial charge in [-0.2, -0.15) is 0 Å². The molecule has 0 amide bonds. The monoisotopic (exact) mass is 497 g/mol. The molecule has 0 aliphatic heterocycles. The van der Waals surface area contributed by atoms with Crippen molar-refractivity contribution in [2.24, 2.45) is 0 Å². The Bertz CT molecular complexity index is 1310. The van der Waals surface area contributed by atoms with Gasteiger partial charge in [0.1, 0.15) is 0 Å². The van der Waals surface area contributed by atoms with Gasteiger partial charge in [-0.15, -0.1) is 0 Å². The molecule has 0 N–H and O–H groups in total. The normalized spacial score (nSPS) is 10.8. The van der Waals surface area contributed by atoms with Crippen LogP contribution in [0.1, 0.15) is 0 Å². The number of benzene rings is 4. The van der Waals surface area contributed by atoms with Crippen LogP contribution in [0.25, 0.3) is 45.3 Å². The molecule has 5 rings (SSSR count). The van der Waals surface area contributed by atoms with E-state index in [1.807, 2.05) is 91.0 Å². The molecule has 3 nitrogen and oxygen atoms in total. The highest BCUT2D eigenvalue weighted by Crippen LogP contribution is 2.33. The van der Waals surface area contributed by atoms with E-state index in [-0.39, 0.29) is 0 Å². The summed E-state index contributed by atoms with van der Waals surface area (Å²) >= 11 is 10.1. The molecule has 4 aromatic carbocycles. The van der Waals surface area contributed by atoms with Gasteiger partial charge in [0.05, 0.1) is 5.02 Å². The van der Waals surface area contributed by atoms with Crippen molar-refractivity contribution < 1.29 is 0 Å². The third-order valence-electron chi connectivity index (χ3n) is 5.08. The largest absolute Gasteiger partial charge is 0.208 e. The summed E-state index contributed by atoms with van der Waals surface area (Å²) in [5.41, 5.74) is 4.75. The van der Waals surface area contributed by atoms with Crippen LogP contribution < -0.4 is 0 Å². The van der Waals surface area contributed by atoms with Crippen LogP contribution in [-0.4, -0.2) is 15.0 Å². The zero-order valence-corrected chi connectivity index (χ0v) is 19.3. The molecule has 154 valence electrons. The van der Waals surface area contributed by atoms with Gasteiger partial charge < -0.3 is 0 Å². The van der Waals surface area contributed by atoms with Gasteiger partial charge in [0.2, 0.25) is 0 Å². The lowest BCUT2D eigenvalue weighted by molar-refractivity contribution is 1.07. The molecule has 32 heavy (non-hydrogen) atoms. The Labute approximate surface area is 199 Å². The lowest BCUT2D eigenvalue weighted by atomic mass is 10.0. The van der Waals surface area contributed by atoms with Crippen LogP contribution in [0.4, 0.5) is 0 Å². The van der Waals surface area contributed by atoms with Crippen molar-refractivity contribution in [3.05, 3.63) is 113 Å². The van der Waals surface area contributed by atoms with Crippen LogP contribution in [0.15, 0.2) is 108 Å². The summed E-state index contributed by atoms with van der Waals surface area (Å²) in [6.07, 6.45) is 0. The quantitative estimate of drug-likeness (QED) is 0.252. The second-order valence-electron chi connectivity index (χ2n) is 7.24. The summed E-state index contributed by atoms with van der Waals surface area (Å²) in [6.45, 7) is 0. The maximum absolute atomic E-state index is 6.63. The summed E-state index contributed by atoms with van der Waals surface area (Å²) in [5, 5.41) is 0.593. The van der Waals surface area contributed by atoms with Crippen molar-refractivity contribution in [3.8, 4) is 45.3 Å². The van der Waals surface area contributed by atoms with Gasteiger partial charge in [0, 0.05) is 21.2 Å². The van der Waals surface area contributed by atoms with Crippen LogP contribution >= 0.6 is 27.5 Å². The second kappa shape index (κ2) is 9.03. The lowest BCUT2D eigenvalue weighted by Crippen LogP contribution is -2.00. The van der Waals surface area contributed by atoms with Gasteiger partial charge in [-0.25, -0.2) is 15.0 Å². The highest BCUT2D eigenvalue weighted by Gasteiger charge is 2.15. The topological polar surface area (TPSA) is 38.7 Å². The van der Waals surface area contributed by atoms with E-state index < -0.39 is 0 Å². The second-order valence-corrected chi connectivity index (χ2v) is 8.56. The van der Waals surface area contributed by atoms with Gasteiger partial charge in [0.15, 0.2) is 17.5 Å². The van der Waals surface area contributed by atoms with Crippen LogP contribution in [0.5, 0.6) is 0 Å². The molecule has 0 fully saturated rings. The molecule has 0 saturated carbocycles. The first-order chi connectivity index (χ1) is 15.7. The van der Waals surface area contributed by atoms with Gasteiger partial charge in [-0.05, 0) is 35.4 Å². The Morgan fingerprint density at radius 2 is 1.00 bits per heavy atom. The SMILES string of the molecule is Clc1ccc(-c2ccc(Br)cc2)cc1-c1nc(-c2ccccc2)nc(-c2ccccc2)n1. The molecular formula is C27H17BrClN3.